The van der Waals surface area contributed by atoms with Gasteiger partial charge in [-0.3, -0.25) is 9.67 Å². The van der Waals surface area contributed by atoms with Gasteiger partial charge in [0.2, 0.25) is 5.88 Å². The van der Waals surface area contributed by atoms with E-state index >= 15 is 0 Å². The second-order valence-corrected chi connectivity index (χ2v) is 6.62. The van der Waals surface area contributed by atoms with Crippen molar-refractivity contribution in [1.29, 1.82) is 0 Å². The summed E-state index contributed by atoms with van der Waals surface area (Å²) in [4.78, 5) is 13.0. The average molecular weight is 366 g/mol. The lowest BCUT2D eigenvalue weighted by atomic mass is 10.2. The van der Waals surface area contributed by atoms with Gasteiger partial charge in [0.25, 0.3) is 0 Å². The molecule has 0 saturated heterocycles. The third kappa shape index (κ3) is 4.33. The molecular weight excluding hydrogens is 344 g/mol. The number of nitrogens with zero attached hydrogens (tertiary/aromatic N) is 5. The number of aromatic nitrogens is 5. The largest absolute Gasteiger partial charge is 0.477 e. The molecule has 0 unspecified atom stereocenters. The predicted octanol–water partition coefficient (Wildman–Crippen LogP) is 2.41. The van der Waals surface area contributed by atoms with E-state index in [1.54, 1.807) is 17.9 Å². The van der Waals surface area contributed by atoms with Crippen LogP contribution in [0.15, 0.2) is 42.9 Å². The van der Waals surface area contributed by atoms with Crippen LogP contribution in [-0.2, 0) is 13.6 Å². The normalized spacial score (nSPS) is 18.1. The number of rotatable bonds is 8. The second kappa shape index (κ2) is 7.61. The smallest absolute Gasteiger partial charge is 0.321 e. The molecule has 0 bridgehead atoms. The number of nitrogens with one attached hydrogen (secondary N) is 1. The SMILES string of the molecule is COc1nc(NCc2cnn(C)c2)cc(OC[C@H]2C[C@@H]2c2ccccn2)n1. The fourth-order valence-electron chi connectivity index (χ4n) is 3.00. The molecule has 1 fully saturated rings. The molecule has 2 atom stereocenters. The highest BCUT2D eigenvalue weighted by molar-refractivity contribution is 5.40. The first-order chi connectivity index (χ1) is 13.2. The summed E-state index contributed by atoms with van der Waals surface area (Å²) in [6, 6.07) is 8.09. The Balaban J connectivity index is 1.36. The first-order valence-electron chi connectivity index (χ1n) is 8.89. The van der Waals surface area contributed by atoms with Gasteiger partial charge >= 0.3 is 6.01 Å². The second-order valence-electron chi connectivity index (χ2n) is 6.62. The van der Waals surface area contributed by atoms with Crippen molar-refractivity contribution in [2.75, 3.05) is 19.0 Å². The molecule has 0 amide bonds. The Labute approximate surface area is 157 Å². The standard InChI is InChI=1S/C19H22N6O2/c1-25-11-13(10-22-25)9-21-17-8-18(24-19(23-17)26-2)27-12-14-7-15(14)16-5-3-4-6-20-16/h3-6,8,10-11,14-15H,7,9,12H2,1-2H3,(H,21,23,24)/t14-,15+/m1/s1. The molecule has 27 heavy (non-hydrogen) atoms. The number of methoxy groups -OCH3 is 1. The fourth-order valence-corrected chi connectivity index (χ4v) is 3.00. The van der Waals surface area contributed by atoms with Crippen molar-refractivity contribution in [1.82, 2.24) is 24.7 Å². The van der Waals surface area contributed by atoms with Gasteiger partial charge in [-0.15, -0.1) is 0 Å². The summed E-state index contributed by atoms with van der Waals surface area (Å²) in [5.74, 6) is 2.09. The third-order valence-corrected chi connectivity index (χ3v) is 4.53. The van der Waals surface area contributed by atoms with Crippen LogP contribution in [0.1, 0.15) is 23.6 Å². The summed E-state index contributed by atoms with van der Waals surface area (Å²) in [5.41, 5.74) is 2.19. The van der Waals surface area contributed by atoms with E-state index in [0.29, 0.717) is 36.7 Å². The molecule has 0 aromatic carbocycles. The number of hydrogen-bond donors (Lipinski definition) is 1. The number of hydrogen-bond acceptors (Lipinski definition) is 7. The highest BCUT2D eigenvalue weighted by atomic mass is 16.5. The Morgan fingerprint density at radius 1 is 1.30 bits per heavy atom. The van der Waals surface area contributed by atoms with E-state index in [1.165, 1.54) is 0 Å². The topological polar surface area (TPSA) is 87.0 Å². The van der Waals surface area contributed by atoms with Crippen molar-refractivity contribution in [3.63, 3.8) is 0 Å². The Morgan fingerprint density at radius 3 is 2.96 bits per heavy atom. The molecule has 0 aliphatic heterocycles. The molecule has 3 heterocycles. The summed E-state index contributed by atoms with van der Waals surface area (Å²) in [6.07, 6.45) is 6.69. The van der Waals surface area contributed by atoms with E-state index < -0.39 is 0 Å². The highest BCUT2D eigenvalue weighted by Crippen LogP contribution is 2.46. The van der Waals surface area contributed by atoms with Crippen molar-refractivity contribution < 1.29 is 9.47 Å². The summed E-state index contributed by atoms with van der Waals surface area (Å²) >= 11 is 0. The Kier molecular flexibility index (Phi) is 4.86. The molecule has 8 nitrogen and oxygen atoms in total. The van der Waals surface area contributed by atoms with Crippen LogP contribution in [0.3, 0.4) is 0 Å². The maximum absolute atomic E-state index is 5.91. The van der Waals surface area contributed by atoms with Gasteiger partial charge in [-0.1, -0.05) is 6.07 Å². The lowest BCUT2D eigenvalue weighted by Gasteiger charge is -2.10. The zero-order valence-corrected chi connectivity index (χ0v) is 15.4. The van der Waals surface area contributed by atoms with Crippen LogP contribution in [0, 0.1) is 5.92 Å². The molecule has 1 aliphatic rings. The van der Waals surface area contributed by atoms with E-state index in [9.17, 15) is 0 Å². The molecule has 8 heteroatoms. The molecule has 1 aliphatic carbocycles. The van der Waals surface area contributed by atoms with E-state index in [-0.39, 0.29) is 6.01 Å². The fraction of sp³-hybridized carbons (Fsp3) is 0.368. The maximum atomic E-state index is 5.91. The Bertz CT molecular complexity index is 898. The highest BCUT2D eigenvalue weighted by Gasteiger charge is 2.39. The quantitative estimate of drug-likeness (QED) is 0.655. The molecule has 0 radical (unpaired) electrons. The van der Waals surface area contributed by atoms with Crippen molar-refractivity contribution in [2.45, 2.75) is 18.9 Å². The van der Waals surface area contributed by atoms with Crippen molar-refractivity contribution >= 4 is 5.82 Å². The van der Waals surface area contributed by atoms with Crippen LogP contribution in [0.2, 0.25) is 0 Å². The molecule has 1 N–H and O–H groups in total. The molecule has 3 aromatic heterocycles. The van der Waals surface area contributed by atoms with Crippen molar-refractivity contribution in [2.24, 2.45) is 13.0 Å². The first kappa shape index (κ1) is 17.3. The van der Waals surface area contributed by atoms with Gasteiger partial charge < -0.3 is 14.8 Å². The summed E-state index contributed by atoms with van der Waals surface area (Å²) in [7, 11) is 3.43. The van der Waals surface area contributed by atoms with Crippen LogP contribution < -0.4 is 14.8 Å². The van der Waals surface area contributed by atoms with Crippen LogP contribution in [-0.4, -0.2) is 38.4 Å². The minimum atomic E-state index is 0.276. The number of aryl methyl sites for hydroxylation is 1. The minimum Gasteiger partial charge on any atom is -0.477 e. The van der Waals surface area contributed by atoms with E-state index in [2.05, 4.69) is 31.4 Å². The van der Waals surface area contributed by atoms with Crippen LogP contribution in [0.4, 0.5) is 5.82 Å². The Hall–Kier alpha value is -3.16. The average Bonchev–Trinajstić information content (AvgIpc) is 3.37. The predicted molar refractivity (Wildman–Crippen MR) is 99.7 cm³/mol. The van der Waals surface area contributed by atoms with Gasteiger partial charge in [-0.05, 0) is 18.6 Å². The van der Waals surface area contributed by atoms with Crippen molar-refractivity contribution in [3.05, 3.63) is 54.1 Å². The lowest BCUT2D eigenvalue weighted by Crippen LogP contribution is -2.07. The van der Waals surface area contributed by atoms with E-state index in [0.717, 1.165) is 17.7 Å². The zero-order valence-electron chi connectivity index (χ0n) is 15.4. The number of anilines is 1. The number of ether oxygens (including phenoxy) is 2. The molecule has 140 valence electrons. The van der Waals surface area contributed by atoms with Crippen LogP contribution >= 0.6 is 0 Å². The van der Waals surface area contributed by atoms with Crippen molar-refractivity contribution in [3.8, 4) is 11.9 Å². The third-order valence-electron chi connectivity index (χ3n) is 4.53. The maximum Gasteiger partial charge on any atom is 0.321 e. The van der Waals surface area contributed by atoms with Gasteiger partial charge in [-0.25, -0.2) is 0 Å². The lowest BCUT2D eigenvalue weighted by molar-refractivity contribution is 0.277. The monoisotopic (exact) mass is 366 g/mol. The number of pyridine rings is 1. The molecule has 4 rings (SSSR count). The van der Waals surface area contributed by atoms with Gasteiger partial charge in [-0.2, -0.15) is 15.1 Å². The molecule has 1 saturated carbocycles. The zero-order chi connectivity index (χ0) is 18.6. The van der Waals surface area contributed by atoms with Gasteiger partial charge in [0, 0.05) is 55.1 Å². The van der Waals surface area contributed by atoms with E-state index in [4.69, 9.17) is 9.47 Å². The van der Waals surface area contributed by atoms with Gasteiger partial charge in [0.1, 0.15) is 5.82 Å². The molecule has 3 aromatic rings. The minimum absolute atomic E-state index is 0.276. The van der Waals surface area contributed by atoms with Crippen LogP contribution in [0.25, 0.3) is 0 Å². The summed E-state index contributed by atoms with van der Waals surface area (Å²) < 4.78 is 12.9. The molecule has 0 spiro atoms. The van der Waals surface area contributed by atoms with Gasteiger partial charge in [0.15, 0.2) is 0 Å². The van der Waals surface area contributed by atoms with Crippen LogP contribution in [0.5, 0.6) is 11.9 Å². The molecular formula is C19H22N6O2. The Morgan fingerprint density at radius 2 is 2.22 bits per heavy atom. The first-order valence-corrected chi connectivity index (χ1v) is 8.89. The van der Waals surface area contributed by atoms with E-state index in [1.807, 2.05) is 37.8 Å². The van der Waals surface area contributed by atoms with Gasteiger partial charge in [0.05, 0.1) is 19.9 Å². The summed E-state index contributed by atoms with van der Waals surface area (Å²) in [5, 5.41) is 7.41. The summed E-state index contributed by atoms with van der Waals surface area (Å²) in [6.45, 7) is 1.21.